The van der Waals surface area contributed by atoms with Crippen molar-refractivity contribution in [3.63, 3.8) is 0 Å². The summed E-state index contributed by atoms with van der Waals surface area (Å²) in [4.78, 5) is 16.0. The molecule has 0 unspecified atom stereocenters. The highest BCUT2D eigenvalue weighted by atomic mass is 16.8. The van der Waals surface area contributed by atoms with Crippen LogP contribution in [0, 0.1) is 0 Å². The minimum Gasteiger partial charge on any atom is -0.394 e. The standard InChI is InChI=1S/C23H27N5O4/c1-23(2)31-18-16(10-29)30-22(19(18)32-23)28-12-26-17-20(24-11-25-21(17)28)27(3)15-9-8-13-6-4-5-7-14(13)15/h4-7,11-12,15-16,18-19,22,29H,8-10H2,1-3H3/t15-,16+,18+,19+,22+/m0/s1. The van der Waals surface area contributed by atoms with E-state index in [0.29, 0.717) is 11.2 Å². The van der Waals surface area contributed by atoms with Gasteiger partial charge in [0.2, 0.25) is 0 Å². The Balaban J connectivity index is 1.37. The number of rotatable bonds is 4. The third-order valence-corrected chi connectivity index (χ3v) is 6.82. The van der Waals surface area contributed by atoms with Gasteiger partial charge >= 0.3 is 0 Å². The molecule has 2 fully saturated rings. The second-order valence-electron chi connectivity index (χ2n) is 9.20. The van der Waals surface area contributed by atoms with Gasteiger partial charge in [0, 0.05) is 7.05 Å². The highest BCUT2D eigenvalue weighted by Crippen LogP contribution is 2.44. The number of ether oxygens (including phenoxy) is 3. The number of fused-ring (bicyclic) bond motifs is 3. The zero-order valence-corrected chi connectivity index (χ0v) is 18.4. The lowest BCUT2D eigenvalue weighted by Crippen LogP contribution is -2.31. The van der Waals surface area contributed by atoms with Crippen molar-refractivity contribution in [2.75, 3.05) is 18.6 Å². The van der Waals surface area contributed by atoms with Crippen LogP contribution in [0.15, 0.2) is 36.9 Å². The number of aryl methyl sites for hydroxylation is 1. The maximum absolute atomic E-state index is 9.81. The van der Waals surface area contributed by atoms with Gasteiger partial charge in [-0.1, -0.05) is 24.3 Å². The summed E-state index contributed by atoms with van der Waals surface area (Å²) in [5, 5.41) is 9.81. The van der Waals surface area contributed by atoms with E-state index in [2.05, 4.69) is 51.2 Å². The van der Waals surface area contributed by atoms with Crippen LogP contribution in [0.3, 0.4) is 0 Å². The molecule has 0 radical (unpaired) electrons. The Bertz CT molecular complexity index is 1160. The van der Waals surface area contributed by atoms with Gasteiger partial charge in [0.05, 0.1) is 19.0 Å². The molecular weight excluding hydrogens is 410 g/mol. The van der Waals surface area contributed by atoms with E-state index in [1.807, 2.05) is 18.4 Å². The van der Waals surface area contributed by atoms with E-state index in [-0.39, 0.29) is 24.9 Å². The van der Waals surface area contributed by atoms with Crippen molar-refractivity contribution < 1.29 is 19.3 Å². The van der Waals surface area contributed by atoms with Crippen molar-refractivity contribution in [3.8, 4) is 0 Å². The van der Waals surface area contributed by atoms with Gasteiger partial charge in [0.15, 0.2) is 29.0 Å². The van der Waals surface area contributed by atoms with Gasteiger partial charge in [0.25, 0.3) is 0 Å². The Labute approximate surface area is 186 Å². The first-order chi connectivity index (χ1) is 15.5. The number of hydrogen-bond donors (Lipinski definition) is 1. The van der Waals surface area contributed by atoms with Crippen molar-refractivity contribution in [1.29, 1.82) is 0 Å². The molecule has 3 aromatic rings. The van der Waals surface area contributed by atoms with Crippen molar-refractivity contribution >= 4 is 17.0 Å². The summed E-state index contributed by atoms with van der Waals surface area (Å²) in [5.41, 5.74) is 4.11. The molecule has 0 amide bonds. The summed E-state index contributed by atoms with van der Waals surface area (Å²) < 4.78 is 20.1. The summed E-state index contributed by atoms with van der Waals surface area (Å²) in [6.45, 7) is 3.60. The van der Waals surface area contributed by atoms with Gasteiger partial charge in [-0.2, -0.15) is 0 Å². The van der Waals surface area contributed by atoms with Crippen LogP contribution in [0.4, 0.5) is 5.82 Å². The first-order valence-electron chi connectivity index (χ1n) is 11.1. The van der Waals surface area contributed by atoms with Crippen molar-refractivity contribution in [2.24, 2.45) is 0 Å². The van der Waals surface area contributed by atoms with Crippen molar-refractivity contribution in [3.05, 3.63) is 48.0 Å². The van der Waals surface area contributed by atoms with Crippen LogP contribution < -0.4 is 4.90 Å². The zero-order valence-electron chi connectivity index (χ0n) is 18.4. The van der Waals surface area contributed by atoms with Crippen LogP contribution in [0.5, 0.6) is 0 Å². The Morgan fingerprint density at radius 2 is 1.97 bits per heavy atom. The van der Waals surface area contributed by atoms with Crippen LogP contribution in [0.25, 0.3) is 11.2 Å². The van der Waals surface area contributed by atoms with Gasteiger partial charge < -0.3 is 24.2 Å². The fraction of sp³-hybridized carbons (Fsp3) is 0.522. The number of nitrogens with zero attached hydrogens (tertiary/aromatic N) is 5. The minimum atomic E-state index is -0.739. The van der Waals surface area contributed by atoms with E-state index in [1.54, 1.807) is 12.7 Å². The number of aliphatic hydroxyl groups is 1. The van der Waals surface area contributed by atoms with Crippen LogP contribution in [0.1, 0.15) is 43.7 Å². The van der Waals surface area contributed by atoms with Gasteiger partial charge in [0.1, 0.15) is 24.6 Å². The molecule has 0 bridgehead atoms. The first kappa shape index (κ1) is 20.0. The fourth-order valence-corrected chi connectivity index (χ4v) is 5.40. The van der Waals surface area contributed by atoms with Crippen LogP contribution in [0.2, 0.25) is 0 Å². The number of hydrogen-bond acceptors (Lipinski definition) is 8. The van der Waals surface area contributed by atoms with E-state index >= 15 is 0 Å². The van der Waals surface area contributed by atoms with Gasteiger partial charge in [-0.25, -0.2) is 15.0 Å². The Morgan fingerprint density at radius 3 is 2.81 bits per heavy atom. The molecule has 3 aliphatic rings. The molecule has 6 rings (SSSR count). The molecule has 0 spiro atoms. The second kappa shape index (κ2) is 7.21. The molecule has 2 aliphatic heterocycles. The SMILES string of the molecule is CN(c1ncnc2c1ncn2[C@@H]1O[C@H](CO)[C@H]2OC(C)(C)O[C@H]21)[C@H]1CCc2ccccc21. The normalized spacial score (nSPS) is 30.6. The van der Waals surface area contributed by atoms with E-state index in [4.69, 9.17) is 14.2 Å². The largest absolute Gasteiger partial charge is 0.394 e. The van der Waals surface area contributed by atoms with E-state index in [9.17, 15) is 5.11 Å². The highest BCUT2D eigenvalue weighted by Gasteiger charge is 2.56. The lowest BCUT2D eigenvalue weighted by atomic mass is 10.1. The quantitative estimate of drug-likeness (QED) is 0.665. The number of anilines is 1. The maximum atomic E-state index is 9.81. The van der Waals surface area contributed by atoms with E-state index < -0.39 is 18.1 Å². The monoisotopic (exact) mass is 437 g/mol. The maximum Gasteiger partial charge on any atom is 0.167 e. The smallest absolute Gasteiger partial charge is 0.167 e. The lowest BCUT2D eigenvalue weighted by molar-refractivity contribution is -0.199. The molecule has 2 aromatic heterocycles. The minimum absolute atomic E-state index is 0.145. The molecule has 168 valence electrons. The predicted octanol–water partition coefficient (Wildman–Crippen LogP) is 2.36. The van der Waals surface area contributed by atoms with Crippen molar-refractivity contribution in [2.45, 2.75) is 63.1 Å². The molecule has 9 heteroatoms. The molecule has 32 heavy (non-hydrogen) atoms. The summed E-state index contributed by atoms with van der Waals surface area (Å²) in [5.74, 6) is 0.0461. The average Bonchev–Trinajstić information content (AvgIpc) is 3.53. The Kier molecular flexibility index (Phi) is 4.52. The second-order valence-corrected chi connectivity index (χ2v) is 9.20. The fourth-order valence-electron chi connectivity index (χ4n) is 5.40. The van der Waals surface area contributed by atoms with Crippen LogP contribution in [-0.2, 0) is 20.6 Å². The third-order valence-electron chi connectivity index (χ3n) is 6.82. The number of aliphatic hydroxyl groups excluding tert-OH is 1. The lowest BCUT2D eigenvalue weighted by Gasteiger charge is -2.26. The average molecular weight is 438 g/mol. The summed E-state index contributed by atoms with van der Waals surface area (Å²) >= 11 is 0. The molecule has 0 saturated carbocycles. The third kappa shape index (κ3) is 2.96. The summed E-state index contributed by atoms with van der Waals surface area (Å²) in [6, 6.07) is 8.82. The van der Waals surface area contributed by atoms with E-state index in [1.165, 1.54) is 11.1 Å². The predicted molar refractivity (Wildman–Crippen MR) is 116 cm³/mol. The number of aromatic nitrogens is 4. The van der Waals surface area contributed by atoms with Crippen molar-refractivity contribution in [1.82, 2.24) is 19.5 Å². The molecule has 5 atom stereocenters. The van der Waals surface area contributed by atoms with Gasteiger partial charge in [-0.05, 0) is 37.8 Å². The van der Waals surface area contributed by atoms with Gasteiger partial charge in [-0.3, -0.25) is 4.57 Å². The van der Waals surface area contributed by atoms with E-state index in [0.717, 1.165) is 18.7 Å². The highest BCUT2D eigenvalue weighted by molar-refractivity contribution is 5.83. The molecule has 1 N–H and O–H groups in total. The summed E-state index contributed by atoms with van der Waals surface area (Å²) in [6.07, 6.45) is 3.70. The van der Waals surface area contributed by atoms with Crippen LogP contribution >= 0.6 is 0 Å². The Morgan fingerprint density at radius 1 is 1.16 bits per heavy atom. The molecule has 9 nitrogen and oxygen atoms in total. The number of imidazole rings is 1. The molecule has 1 aliphatic carbocycles. The Hall–Kier alpha value is -2.59. The topological polar surface area (TPSA) is 94.8 Å². The van der Waals surface area contributed by atoms with Crippen LogP contribution in [-0.4, -0.2) is 62.4 Å². The molecule has 4 heterocycles. The molecular formula is C23H27N5O4. The first-order valence-corrected chi connectivity index (χ1v) is 11.1. The summed E-state index contributed by atoms with van der Waals surface area (Å²) in [7, 11) is 2.06. The van der Waals surface area contributed by atoms with Gasteiger partial charge in [-0.15, -0.1) is 0 Å². The number of benzene rings is 1. The molecule has 2 saturated heterocycles. The zero-order chi connectivity index (χ0) is 22.0. The molecule has 1 aromatic carbocycles.